The van der Waals surface area contributed by atoms with Crippen LogP contribution in [-0.2, 0) is 0 Å². The van der Waals surface area contributed by atoms with Crippen LogP contribution in [0, 0.1) is 0 Å². The Bertz CT molecular complexity index is 547. The molecule has 0 spiro atoms. The fraction of sp³-hybridized carbons (Fsp3) is 0.389. The number of hydrogen-bond donors (Lipinski definition) is 1. The molecule has 1 fully saturated rings. The molecule has 2 aromatic rings. The molecule has 3 heteroatoms. The smallest absolute Gasteiger partial charge is 0.119 e. The molecule has 2 unspecified atom stereocenters. The highest BCUT2D eigenvalue weighted by Crippen LogP contribution is 2.23. The highest BCUT2D eigenvalue weighted by molar-refractivity contribution is 5.63. The minimum absolute atomic E-state index is 0.206. The number of nitrogens with one attached hydrogen (secondary N) is 1. The summed E-state index contributed by atoms with van der Waals surface area (Å²) in [4.78, 5) is 4.05. The van der Waals surface area contributed by atoms with E-state index in [0.717, 1.165) is 12.3 Å². The van der Waals surface area contributed by atoms with E-state index in [1.54, 1.807) is 0 Å². The normalized spacial score (nSPS) is 20.0. The molecular weight excluding hydrogens is 260 g/mol. The third-order valence-electron chi connectivity index (χ3n) is 4.11. The molecule has 2 heterocycles. The second-order valence-electron chi connectivity index (χ2n) is 5.64. The molecule has 21 heavy (non-hydrogen) atoms. The van der Waals surface area contributed by atoms with Crippen molar-refractivity contribution in [2.75, 3.05) is 6.54 Å². The van der Waals surface area contributed by atoms with Crippen molar-refractivity contribution in [2.24, 2.45) is 0 Å². The van der Waals surface area contributed by atoms with Gasteiger partial charge in [-0.15, -0.1) is 0 Å². The molecule has 0 radical (unpaired) electrons. The quantitative estimate of drug-likeness (QED) is 0.929. The summed E-state index contributed by atoms with van der Waals surface area (Å²) in [7, 11) is 0. The zero-order valence-electron chi connectivity index (χ0n) is 12.5. The third kappa shape index (κ3) is 3.61. The predicted octanol–water partition coefficient (Wildman–Crippen LogP) is 3.66. The second kappa shape index (κ2) is 6.72. The van der Waals surface area contributed by atoms with Gasteiger partial charge in [0.15, 0.2) is 0 Å². The first-order valence-corrected chi connectivity index (χ1v) is 7.73. The fourth-order valence-electron chi connectivity index (χ4n) is 2.85. The summed E-state index contributed by atoms with van der Waals surface area (Å²) in [6.07, 6.45) is 7.62. The van der Waals surface area contributed by atoms with Crippen LogP contribution in [0.15, 0.2) is 48.8 Å². The number of hydrogen-bond acceptors (Lipinski definition) is 3. The van der Waals surface area contributed by atoms with Crippen molar-refractivity contribution in [1.82, 2.24) is 10.3 Å². The lowest BCUT2D eigenvalue weighted by molar-refractivity contribution is 0.152. The summed E-state index contributed by atoms with van der Waals surface area (Å²) in [6.45, 7) is 3.26. The Morgan fingerprint density at radius 3 is 2.43 bits per heavy atom. The number of rotatable bonds is 4. The van der Waals surface area contributed by atoms with Crippen molar-refractivity contribution in [1.29, 1.82) is 0 Å². The van der Waals surface area contributed by atoms with Crippen molar-refractivity contribution in [3.63, 3.8) is 0 Å². The Morgan fingerprint density at radius 1 is 1.05 bits per heavy atom. The number of ether oxygens (including phenoxy) is 1. The highest BCUT2D eigenvalue weighted by Gasteiger charge is 2.20. The number of benzene rings is 1. The summed E-state index contributed by atoms with van der Waals surface area (Å²) in [5, 5.41) is 3.54. The largest absolute Gasteiger partial charge is 0.489 e. The molecular formula is C18H22N2O. The zero-order valence-corrected chi connectivity index (χ0v) is 12.5. The van der Waals surface area contributed by atoms with Crippen LogP contribution in [0.2, 0.25) is 0 Å². The monoisotopic (exact) mass is 282 g/mol. The summed E-state index contributed by atoms with van der Waals surface area (Å²) in [5.41, 5.74) is 2.37. The minimum Gasteiger partial charge on any atom is -0.489 e. The van der Waals surface area contributed by atoms with Crippen LogP contribution in [-0.4, -0.2) is 23.7 Å². The van der Waals surface area contributed by atoms with Crippen LogP contribution in [0.25, 0.3) is 11.1 Å². The van der Waals surface area contributed by atoms with Gasteiger partial charge in [0.2, 0.25) is 0 Å². The lowest BCUT2D eigenvalue weighted by Gasteiger charge is -2.29. The molecule has 110 valence electrons. The van der Waals surface area contributed by atoms with Gasteiger partial charge in [0.25, 0.3) is 0 Å². The Balaban J connectivity index is 1.64. The summed E-state index contributed by atoms with van der Waals surface area (Å²) < 4.78 is 6.07. The molecule has 0 bridgehead atoms. The van der Waals surface area contributed by atoms with Gasteiger partial charge in [0, 0.05) is 18.4 Å². The molecule has 0 aliphatic carbocycles. The molecule has 3 nitrogen and oxygen atoms in total. The summed E-state index contributed by atoms with van der Waals surface area (Å²) in [5.74, 6) is 0.938. The maximum atomic E-state index is 6.07. The molecule has 1 N–H and O–H groups in total. The Labute approximate surface area is 126 Å². The van der Waals surface area contributed by atoms with E-state index in [1.807, 2.05) is 24.5 Å². The van der Waals surface area contributed by atoms with E-state index in [4.69, 9.17) is 4.74 Å². The first-order chi connectivity index (χ1) is 10.3. The van der Waals surface area contributed by atoms with E-state index in [2.05, 4.69) is 41.5 Å². The van der Waals surface area contributed by atoms with E-state index < -0.39 is 0 Å². The van der Waals surface area contributed by atoms with E-state index in [1.165, 1.54) is 30.4 Å². The predicted molar refractivity (Wildman–Crippen MR) is 85.4 cm³/mol. The molecule has 1 aliphatic rings. The zero-order chi connectivity index (χ0) is 14.5. The number of nitrogens with zero attached hydrogens (tertiary/aromatic N) is 1. The third-order valence-corrected chi connectivity index (χ3v) is 4.11. The van der Waals surface area contributed by atoms with Gasteiger partial charge in [-0.1, -0.05) is 18.6 Å². The molecule has 3 rings (SSSR count). The average molecular weight is 282 g/mol. The Hall–Kier alpha value is -1.87. The van der Waals surface area contributed by atoms with Crippen molar-refractivity contribution in [3.8, 4) is 16.9 Å². The lowest BCUT2D eigenvalue weighted by Crippen LogP contribution is -2.44. The Kier molecular flexibility index (Phi) is 4.51. The first-order valence-electron chi connectivity index (χ1n) is 7.73. The van der Waals surface area contributed by atoms with Gasteiger partial charge in [0.05, 0.1) is 0 Å². The van der Waals surface area contributed by atoms with E-state index >= 15 is 0 Å². The van der Waals surface area contributed by atoms with Crippen molar-refractivity contribution < 1.29 is 4.74 Å². The van der Waals surface area contributed by atoms with E-state index in [0.29, 0.717) is 6.04 Å². The van der Waals surface area contributed by atoms with Crippen LogP contribution in [0.1, 0.15) is 26.2 Å². The first kappa shape index (κ1) is 14.1. The molecule has 1 aromatic carbocycles. The maximum Gasteiger partial charge on any atom is 0.119 e. The molecule has 1 saturated heterocycles. The van der Waals surface area contributed by atoms with Crippen LogP contribution in [0.3, 0.4) is 0 Å². The number of piperidine rings is 1. The highest BCUT2D eigenvalue weighted by atomic mass is 16.5. The second-order valence-corrected chi connectivity index (χ2v) is 5.64. The standard InChI is InChI=1S/C18H22N2O/c1-14(18-4-2-3-11-20-18)21-17-7-5-15(6-8-17)16-9-12-19-13-10-16/h5-10,12-14,18,20H,2-4,11H2,1H3. The number of aromatic nitrogens is 1. The average Bonchev–Trinajstić information content (AvgIpc) is 2.57. The minimum atomic E-state index is 0.206. The van der Waals surface area contributed by atoms with Crippen molar-refractivity contribution in [2.45, 2.75) is 38.3 Å². The van der Waals surface area contributed by atoms with Gasteiger partial charge in [-0.2, -0.15) is 0 Å². The van der Waals surface area contributed by atoms with E-state index in [9.17, 15) is 0 Å². The molecule has 1 aliphatic heterocycles. The van der Waals surface area contributed by atoms with Crippen LogP contribution < -0.4 is 10.1 Å². The van der Waals surface area contributed by atoms with Gasteiger partial charge in [0.1, 0.15) is 11.9 Å². The van der Waals surface area contributed by atoms with Gasteiger partial charge in [-0.05, 0) is 61.7 Å². The van der Waals surface area contributed by atoms with Gasteiger partial charge in [-0.25, -0.2) is 0 Å². The van der Waals surface area contributed by atoms with Crippen molar-refractivity contribution in [3.05, 3.63) is 48.8 Å². The summed E-state index contributed by atoms with van der Waals surface area (Å²) in [6, 6.07) is 12.8. The van der Waals surface area contributed by atoms with Gasteiger partial charge >= 0.3 is 0 Å². The number of pyridine rings is 1. The van der Waals surface area contributed by atoms with Crippen LogP contribution in [0.4, 0.5) is 0 Å². The van der Waals surface area contributed by atoms with E-state index in [-0.39, 0.29) is 6.10 Å². The van der Waals surface area contributed by atoms with Gasteiger partial charge in [-0.3, -0.25) is 4.98 Å². The van der Waals surface area contributed by atoms with Crippen molar-refractivity contribution >= 4 is 0 Å². The van der Waals surface area contributed by atoms with Crippen LogP contribution in [0.5, 0.6) is 5.75 Å². The SMILES string of the molecule is CC(Oc1ccc(-c2ccncc2)cc1)C1CCCCN1. The van der Waals surface area contributed by atoms with Crippen LogP contribution >= 0.6 is 0 Å². The molecule has 1 aromatic heterocycles. The van der Waals surface area contributed by atoms with Gasteiger partial charge < -0.3 is 10.1 Å². The Morgan fingerprint density at radius 2 is 1.76 bits per heavy atom. The molecule has 2 atom stereocenters. The molecule has 0 saturated carbocycles. The lowest BCUT2D eigenvalue weighted by atomic mass is 10.0. The fourth-order valence-corrected chi connectivity index (χ4v) is 2.85. The maximum absolute atomic E-state index is 6.07. The molecule has 0 amide bonds. The summed E-state index contributed by atoms with van der Waals surface area (Å²) >= 11 is 0. The topological polar surface area (TPSA) is 34.1 Å².